The minimum atomic E-state index is -0.0105. The first-order valence-electron chi connectivity index (χ1n) is 10.4. The SMILES string of the molecule is O=C1COc2ccc(-c3csc(Cc4ccccc4)n3)cc2N1CCc1ccccc1. The molecule has 0 N–H and O–H groups in total. The normalized spacial score (nSPS) is 13.0. The molecule has 0 atom stereocenters. The number of carbonyl (C=O) groups excluding carboxylic acids is 1. The van der Waals surface area contributed by atoms with Crippen LogP contribution in [0.2, 0.25) is 0 Å². The number of fused-ring (bicyclic) bond motifs is 1. The van der Waals surface area contributed by atoms with E-state index in [0.717, 1.165) is 40.5 Å². The molecule has 0 spiro atoms. The van der Waals surface area contributed by atoms with E-state index in [-0.39, 0.29) is 12.5 Å². The Hall–Kier alpha value is -3.44. The molecule has 0 radical (unpaired) electrons. The number of rotatable bonds is 6. The molecule has 1 aromatic heterocycles. The minimum Gasteiger partial charge on any atom is -0.482 e. The van der Waals surface area contributed by atoms with Gasteiger partial charge in [0, 0.05) is 23.9 Å². The molecule has 0 fully saturated rings. The van der Waals surface area contributed by atoms with Crippen LogP contribution in [0.15, 0.2) is 84.2 Å². The molecule has 1 amide bonds. The van der Waals surface area contributed by atoms with Gasteiger partial charge in [0.15, 0.2) is 6.61 Å². The van der Waals surface area contributed by atoms with Gasteiger partial charge >= 0.3 is 0 Å². The topological polar surface area (TPSA) is 42.4 Å². The van der Waals surface area contributed by atoms with Gasteiger partial charge in [-0.1, -0.05) is 60.7 Å². The molecule has 4 aromatic rings. The zero-order valence-corrected chi connectivity index (χ0v) is 17.8. The fourth-order valence-corrected chi connectivity index (χ4v) is 4.62. The maximum atomic E-state index is 12.6. The van der Waals surface area contributed by atoms with Gasteiger partial charge in [-0.05, 0) is 35.7 Å². The Morgan fingerprint density at radius 3 is 2.45 bits per heavy atom. The molecule has 31 heavy (non-hydrogen) atoms. The summed E-state index contributed by atoms with van der Waals surface area (Å²) in [6.07, 6.45) is 1.62. The molecule has 5 rings (SSSR count). The Morgan fingerprint density at radius 2 is 1.68 bits per heavy atom. The number of hydrogen-bond donors (Lipinski definition) is 0. The lowest BCUT2D eigenvalue weighted by atomic mass is 10.1. The lowest BCUT2D eigenvalue weighted by molar-refractivity contribution is -0.121. The van der Waals surface area contributed by atoms with Crippen molar-refractivity contribution in [3.05, 3.63) is 100 Å². The van der Waals surface area contributed by atoms with Crippen molar-refractivity contribution >= 4 is 22.9 Å². The van der Waals surface area contributed by atoms with E-state index in [1.54, 1.807) is 11.3 Å². The standard InChI is InChI=1S/C26H22N2O2S/c29-26-17-30-24-12-11-21(16-23(24)28(26)14-13-19-7-3-1-4-8-19)22-18-31-25(27-22)15-20-9-5-2-6-10-20/h1-12,16,18H,13-15,17H2. The molecule has 0 saturated heterocycles. The molecule has 2 heterocycles. The van der Waals surface area contributed by atoms with E-state index in [1.807, 2.05) is 59.5 Å². The van der Waals surface area contributed by atoms with Crippen molar-refractivity contribution in [2.75, 3.05) is 18.1 Å². The van der Waals surface area contributed by atoms with Crippen LogP contribution < -0.4 is 9.64 Å². The smallest absolute Gasteiger partial charge is 0.265 e. The van der Waals surface area contributed by atoms with Gasteiger partial charge < -0.3 is 9.64 Å². The number of hydrogen-bond acceptors (Lipinski definition) is 4. The molecular formula is C26H22N2O2S. The van der Waals surface area contributed by atoms with Crippen LogP contribution in [-0.2, 0) is 17.6 Å². The zero-order chi connectivity index (χ0) is 21.0. The Bertz CT molecular complexity index is 1190. The molecule has 1 aliphatic rings. The van der Waals surface area contributed by atoms with Crippen molar-refractivity contribution < 1.29 is 9.53 Å². The summed E-state index contributed by atoms with van der Waals surface area (Å²) in [6, 6.07) is 26.6. The van der Waals surface area contributed by atoms with E-state index >= 15 is 0 Å². The summed E-state index contributed by atoms with van der Waals surface area (Å²) in [5, 5.41) is 3.16. The number of ether oxygens (including phenoxy) is 1. The first-order valence-corrected chi connectivity index (χ1v) is 11.2. The summed E-state index contributed by atoms with van der Waals surface area (Å²) in [4.78, 5) is 19.3. The molecule has 0 unspecified atom stereocenters. The second-order valence-electron chi connectivity index (χ2n) is 7.54. The highest BCUT2D eigenvalue weighted by Gasteiger charge is 2.26. The lowest BCUT2D eigenvalue weighted by Crippen LogP contribution is -2.40. The number of aromatic nitrogens is 1. The van der Waals surface area contributed by atoms with Gasteiger partial charge in [0.05, 0.1) is 16.4 Å². The van der Waals surface area contributed by atoms with E-state index in [4.69, 9.17) is 9.72 Å². The minimum absolute atomic E-state index is 0.0105. The lowest BCUT2D eigenvalue weighted by Gasteiger charge is -2.29. The Kier molecular flexibility index (Phi) is 5.50. The van der Waals surface area contributed by atoms with Crippen LogP contribution in [0, 0.1) is 0 Å². The number of carbonyl (C=O) groups is 1. The Balaban J connectivity index is 1.38. The zero-order valence-electron chi connectivity index (χ0n) is 17.0. The van der Waals surface area contributed by atoms with Crippen LogP contribution in [0.1, 0.15) is 16.1 Å². The predicted molar refractivity (Wildman–Crippen MR) is 125 cm³/mol. The first kappa shape index (κ1) is 19.5. The molecule has 5 heteroatoms. The van der Waals surface area contributed by atoms with Gasteiger partial charge in [0.2, 0.25) is 0 Å². The third-order valence-corrected chi connectivity index (χ3v) is 6.26. The van der Waals surface area contributed by atoms with Crippen LogP contribution in [0.3, 0.4) is 0 Å². The molecular weight excluding hydrogens is 404 g/mol. The number of nitrogens with zero attached hydrogens (tertiary/aromatic N) is 2. The fraction of sp³-hybridized carbons (Fsp3) is 0.154. The quantitative estimate of drug-likeness (QED) is 0.416. The second-order valence-corrected chi connectivity index (χ2v) is 8.48. The molecule has 1 aliphatic heterocycles. The van der Waals surface area contributed by atoms with Gasteiger partial charge in [-0.3, -0.25) is 4.79 Å². The van der Waals surface area contributed by atoms with Crippen molar-refractivity contribution in [3.63, 3.8) is 0 Å². The van der Waals surface area contributed by atoms with Gasteiger partial charge in [-0.25, -0.2) is 4.98 Å². The van der Waals surface area contributed by atoms with E-state index in [2.05, 4.69) is 29.6 Å². The van der Waals surface area contributed by atoms with E-state index in [1.165, 1.54) is 11.1 Å². The number of thiazole rings is 1. The molecule has 3 aromatic carbocycles. The molecule has 154 valence electrons. The highest BCUT2D eigenvalue weighted by Crippen LogP contribution is 2.36. The highest BCUT2D eigenvalue weighted by atomic mass is 32.1. The fourth-order valence-electron chi connectivity index (χ4n) is 3.79. The Morgan fingerprint density at radius 1 is 0.935 bits per heavy atom. The number of anilines is 1. The number of amides is 1. The average Bonchev–Trinajstić information content (AvgIpc) is 3.28. The molecule has 0 bridgehead atoms. The van der Waals surface area contributed by atoms with Crippen molar-refractivity contribution in [3.8, 4) is 17.0 Å². The number of benzene rings is 3. The monoisotopic (exact) mass is 426 g/mol. The summed E-state index contributed by atoms with van der Waals surface area (Å²) in [6.45, 7) is 0.706. The van der Waals surface area contributed by atoms with Crippen LogP contribution in [0.25, 0.3) is 11.3 Å². The summed E-state index contributed by atoms with van der Waals surface area (Å²) in [7, 11) is 0. The van der Waals surface area contributed by atoms with Gasteiger partial charge in [-0.2, -0.15) is 0 Å². The molecule has 4 nitrogen and oxygen atoms in total. The van der Waals surface area contributed by atoms with Crippen LogP contribution >= 0.6 is 11.3 Å². The highest BCUT2D eigenvalue weighted by molar-refractivity contribution is 7.10. The maximum Gasteiger partial charge on any atom is 0.265 e. The van der Waals surface area contributed by atoms with Crippen LogP contribution in [0.5, 0.6) is 5.75 Å². The first-order chi connectivity index (χ1) is 15.3. The van der Waals surface area contributed by atoms with Crippen molar-refractivity contribution in [1.29, 1.82) is 0 Å². The average molecular weight is 427 g/mol. The van der Waals surface area contributed by atoms with Gasteiger partial charge in [0.25, 0.3) is 5.91 Å². The third-order valence-electron chi connectivity index (χ3n) is 5.41. The van der Waals surface area contributed by atoms with Crippen LogP contribution in [0.4, 0.5) is 5.69 Å². The third kappa shape index (κ3) is 4.37. The Labute approximate surface area is 185 Å². The molecule has 0 saturated carbocycles. The van der Waals surface area contributed by atoms with Crippen molar-refractivity contribution in [1.82, 2.24) is 4.98 Å². The van der Waals surface area contributed by atoms with Crippen molar-refractivity contribution in [2.24, 2.45) is 0 Å². The summed E-state index contributed by atoms with van der Waals surface area (Å²) < 4.78 is 5.68. The van der Waals surface area contributed by atoms with Crippen LogP contribution in [-0.4, -0.2) is 24.0 Å². The summed E-state index contributed by atoms with van der Waals surface area (Å²) in [5.41, 5.74) is 5.21. The van der Waals surface area contributed by atoms with Gasteiger partial charge in [0.1, 0.15) is 5.75 Å². The van der Waals surface area contributed by atoms with Crippen molar-refractivity contribution in [2.45, 2.75) is 12.8 Å². The van der Waals surface area contributed by atoms with E-state index in [0.29, 0.717) is 6.54 Å². The largest absolute Gasteiger partial charge is 0.482 e. The summed E-state index contributed by atoms with van der Waals surface area (Å²) >= 11 is 1.66. The summed E-state index contributed by atoms with van der Waals surface area (Å²) in [5.74, 6) is 0.736. The second kappa shape index (κ2) is 8.74. The van der Waals surface area contributed by atoms with E-state index < -0.39 is 0 Å². The molecule has 0 aliphatic carbocycles. The maximum absolute atomic E-state index is 12.6. The predicted octanol–water partition coefficient (Wildman–Crippen LogP) is 5.37. The van der Waals surface area contributed by atoms with E-state index in [9.17, 15) is 4.79 Å². The van der Waals surface area contributed by atoms with Gasteiger partial charge in [-0.15, -0.1) is 11.3 Å².